The van der Waals surface area contributed by atoms with Gasteiger partial charge in [0, 0.05) is 12.3 Å². The molecule has 0 aliphatic rings. The van der Waals surface area contributed by atoms with E-state index in [-0.39, 0.29) is 11.6 Å². The van der Waals surface area contributed by atoms with Gasteiger partial charge >= 0.3 is 0 Å². The molecule has 5 aromatic rings. The van der Waals surface area contributed by atoms with Crippen molar-refractivity contribution in [2.75, 3.05) is 5.32 Å². The molecule has 0 spiro atoms. The number of aromatic amines is 1. The number of nitrogens with zero attached hydrogens (tertiary/aromatic N) is 6. The monoisotopic (exact) mass is 424 g/mol. The topological polar surface area (TPSA) is 114 Å². The lowest BCUT2D eigenvalue weighted by atomic mass is 10.2. The second kappa shape index (κ2) is 6.90. The number of nitrogens with one attached hydrogen (secondary N) is 2. The number of hydrogen-bond donors (Lipinski definition) is 2. The lowest BCUT2D eigenvalue weighted by Gasteiger charge is -2.19. The Morgan fingerprint density at radius 2 is 2.17 bits per heavy atom. The van der Waals surface area contributed by atoms with E-state index >= 15 is 0 Å². The Kier molecular flexibility index (Phi) is 4.22. The zero-order chi connectivity index (χ0) is 20.0. The van der Waals surface area contributed by atoms with Crippen LogP contribution in [0.25, 0.3) is 26.9 Å². The first-order chi connectivity index (χ1) is 14.1. The maximum atomic E-state index is 13.3. The summed E-state index contributed by atoms with van der Waals surface area (Å²) < 4.78 is 5.62. The van der Waals surface area contributed by atoms with Gasteiger partial charge in [-0.25, -0.2) is 19.5 Å². The maximum Gasteiger partial charge on any atom is 0.268 e. The molecule has 0 fully saturated rings. The Hall–Kier alpha value is -3.37. The second-order valence-corrected chi connectivity index (χ2v) is 7.50. The number of fused-ring (bicyclic) bond motifs is 2. The van der Waals surface area contributed by atoms with Crippen LogP contribution in [0.5, 0.6) is 0 Å². The van der Waals surface area contributed by atoms with Gasteiger partial charge in [-0.1, -0.05) is 17.7 Å². The fourth-order valence-corrected chi connectivity index (χ4v) is 4.03. The second-order valence-electron chi connectivity index (χ2n) is 6.31. The lowest BCUT2D eigenvalue weighted by molar-refractivity contribution is 0.720. The summed E-state index contributed by atoms with van der Waals surface area (Å²) in [4.78, 5) is 27.3. The lowest BCUT2D eigenvalue weighted by Crippen LogP contribution is -2.28. The SMILES string of the molecule is CC(Nc1ncnc2sncc12)c1nc2cccc(Cl)c2c(=O)n1-c1cc[nH]n1. The van der Waals surface area contributed by atoms with Crippen LogP contribution in [-0.2, 0) is 0 Å². The van der Waals surface area contributed by atoms with Gasteiger partial charge in [0.1, 0.15) is 22.8 Å². The highest BCUT2D eigenvalue weighted by atomic mass is 35.5. The minimum absolute atomic E-state index is 0.290. The third kappa shape index (κ3) is 2.93. The number of H-pyrrole nitrogens is 1. The van der Waals surface area contributed by atoms with Crippen LogP contribution in [0.3, 0.4) is 0 Å². The molecule has 29 heavy (non-hydrogen) atoms. The number of hydrogen-bond acceptors (Lipinski definition) is 8. The quantitative estimate of drug-likeness (QED) is 0.454. The Morgan fingerprint density at radius 1 is 1.28 bits per heavy atom. The van der Waals surface area contributed by atoms with Gasteiger partial charge < -0.3 is 5.32 Å². The number of benzene rings is 1. The number of rotatable bonds is 4. The highest BCUT2D eigenvalue weighted by molar-refractivity contribution is 7.12. The van der Waals surface area contributed by atoms with Gasteiger partial charge in [0.05, 0.1) is 33.6 Å². The minimum atomic E-state index is -0.374. The molecule has 1 atom stereocenters. The number of aromatic nitrogens is 7. The molecule has 0 aliphatic heterocycles. The molecular weight excluding hydrogens is 412 g/mol. The van der Waals surface area contributed by atoms with Crippen molar-refractivity contribution in [3.63, 3.8) is 0 Å². The van der Waals surface area contributed by atoms with E-state index in [0.717, 1.165) is 10.2 Å². The van der Waals surface area contributed by atoms with Gasteiger partial charge in [-0.2, -0.15) is 9.47 Å². The van der Waals surface area contributed by atoms with Crippen molar-refractivity contribution in [3.05, 3.63) is 64.2 Å². The Labute approximate surface area is 172 Å². The summed E-state index contributed by atoms with van der Waals surface area (Å²) in [6.07, 6.45) is 4.83. The van der Waals surface area contributed by atoms with Crippen molar-refractivity contribution in [3.8, 4) is 5.82 Å². The first-order valence-electron chi connectivity index (χ1n) is 8.66. The molecule has 1 unspecified atom stereocenters. The minimum Gasteiger partial charge on any atom is -0.360 e. The van der Waals surface area contributed by atoms with Crippen LogP contribution in [-0.4, -0.2) is 34.1 Å². The fourth-order valence-electron chi connectivity index (χ4n) is 3.18. The van der Waals surface area contributed by atoms with Crippen molar-refractivity contribution < 1.29 is 0 Å². The van der Waals surface area contributed by atoms with Crippen molar-refractivity contribution in [1.29, 1.82) is 0 Å². The standard InChI is InChI=1S/C18H13ClN8OS/c1-9(24-15-10-7-23-29-17(10)21-8-20-15)16-25-12-4-2-3-11(19)14(12)18(28)27(16)13-5-6-22-26-13/h2-9H,1H3,(H,22,26)(H,20,21,24). The van der Waals surface area contributed by atoms with Crippen LogP contribution in [0.2, 0.25) is 5.02 Å². The zero-order valence-corrected chi connectivity index (χ0v) is 16.6. The van der Waals surface area contributed by atoms with Crippen molar-refractivity contribution in [1.82, 2.24) is 34.1 Å². The third-order valence-corrected chi connectivity index (χ3v) is 5.52. The molecule has 4 heterocycles. The van der Waals surface area contributed by atoms with Gasteiger partial charge in [0.2, 0.25) is 0 Å². The average Bonchev–Trinajstić information content (AvgIpc) is 3.40. The normalized spacial score (nSPS) is 12.5. The van der Waals surface area contributed by atoms with Crippen LogP contribution >= 0.6 is 23.1 Å². The Balaban J connectivity index is 1.70. The summed E-state index contributed by atoms with van der Waals surface area (Å²) in [7, 11) is 0. The van der Waals surface area contributed by atoms with Crippen LogP contribution < -0.4 is 10.9 Å². The van der Waals surface area contributed by atoms with Crippen molar-refractivity contribution in [2.24, 2.45) is 0 Å². The van der Waals surface area contributed by atoms with E-state index in [1.165, 1.54) is 22.4 Å². The third-order valence-electron chi connectivity index (χ3n) is 4.50. The van der Waals surface area contributed by atoms with Crippen molar-refractivity contribution >= 4 is 50.1 Å². The molecular formula is C18H13ClN8OS. The molecule has 0 radical (unpaired) electrons. The van der Waals surface area contributed by atoms with Crippen molar-refractivity contribution in [2.45, 2.75) is 13.0 Å². The average molecular weight is 425 g/mol. The Bertz CT molecular complexity index is 1390. The van der Waals surface area contributed by atoms with Gasteiger partial charge in [-0.15, -0.1) is 0 Å². The van der Waals surface area contributed by atoms with Gasteiger partial charge in [-0.05, 0) is 30.6 Å². The summed E-state index contributed by atoms with van der Waals surface area (Å²) in [5.74, 6) is 1.52. The van der Waals surface area contributed by atoms with E-state index in [1.807, 2.05) is 6.92 Å². The first kappa shape index (κ1) is 17.7. The summed E-state index contributed by atoms with van der Waals surface area (Å²) in [5.41, 5.74) is 0.226. The van der Waals surface area contributed by atoms with E-state index in [4.69, 9.17) is 16.6 Å². The maximum absolute atomic E-state index is 13.3. The molecule has 144 valence electrons. The van der Waals surface area contributed by atoms with Gasteiger partial charge in [0.15, 0.2) is 5.82 Å². The zero-order valence-electron chi connectivity index (χ0n) is 15.0. The largest absolute Gasteiger partial charge is 0.360 e. The van der Waals surface area contributed by atoms with Crippen LogP contribution in [0.4, 0.5) is 5.82 Å². The molecule has 9 nitrogen and oxygen atoms in total. The highest BCUT2D eigenvalue weighted by Gasteiger charge is 2.21. The Morgan fingerprint density at radius 3 is 3.00 bits per heavy atom. The molecule has 1 aromatic carbocycles. The fraction of sp³-hybridized carbons (Fsp3) is 0.111. The number of halogens is 1. The summed E-state index contributed by atoms with van der Waals surface area (Å²) in [6.45, 7) is 1.90. The van der Waals surface area contributed by atoms with Crippen LogP contribution in [0, 0.1) is 0 Å². The number of anilines is 1. The summed E-state index contributed by atoms with van der Waals surface area (Å²) in [6, 6.07) is 6.53. The molecule has 0 amide bonds. The van der Waals surface area contributed by atoms with Gasteiger partial charge in [-0.3, -0.25) is 9.89 Å². The molecule has 0 saturated heterocycles. The van der Waals surface area contributed by atoms with E-state index < -0.39 is 0 Å². The van der Waals surface area contributed by atoms with E-state index in [1.54, 1.807) is 36.7 Å². The molecule has 0 aliphatic carbocycles. The van der Waals surface area contributed by atoms with Gasteiger partial charge in [0.25, 0.3) is 5.56 Å². The highest BCUT2D eigenvalue weighted by Crippen LogP contribution is 2.27. The van der Waals surface area contributed by atoms with E-state index in [9.17, 15) is 4.79 Å². The molecule has 4 aromatic heterocycles. The van der Waals surface area contributed by atoms with Crippen LogP contribution in [0.1, 0.15) is 18.8 Å². The summed E-state index contributed by atoms with van der Waals surface area (Å²) >= 11 is 7.58. The molecule has 0 bridgehead atoms. The van der Waals surface area contributed by atoms with E-state index in [0.29, 0.717) is 33.4 Å². The van der Waals surface area contributed by atoms with Crippen LogP contribution in [0.15, 0.2) is 47.8 Å². The smallest absolute Gasteiger partial charge is 0.268 e. The molecule has 0 saturated carbocycles. The molecule has 11 heteroatoms. The molecule has 2 N–H and O–H groups in total. The van der Waals surface area contributed by atoms with E-state index in [2.05, 4.69) is 29.9 Å². The predicted molar refractivity (Wildman–Crippen MR) is 112 cm³/mol. The predicted octanol–water partition coefficient (Wildman–Crippen LogP) is 3.34. The first-order valence-corrected chi connectivity index (χ1v) is 9.82. The molecule has 5 rings (SSSR count). The summed E-state index contributed by atoms with van der Waals surface area (Å²) in [5, 5.41) is 11.7.